The Morgan fingerprint density at radius 2 is 1.82 bits per heavy atom. The van der Waals surface area contributed by atoms with E-state index in [1.807, 2.05) is 4.57 Å². The molecule has 0 bridgehead atoms. The van der Waals surface area contributed by atoms with Crippen LogP contribution >= 0.6 is 0 Å². The van der Waals surface area contributed by atoms with Crippen LogP contribution < -0.4 is 10.6 Å². The maximum Gasteiger partial charge on any atom is 0.254 e. The van der Waals surface area contributed by atoms with Gasteiger partial charge in [0.1, 0.15) is 23.3 Å². The largest absolute Gasteiger partial charge is 0.351 e. The summed E-state index contributed by atoms with van der Waals surface area (Å²) in [5.41, 5.74) is 0.305. The number of hydrogen-bond acceptors (Lipinski definition) is 4. The summed E-state index contributed by atoms with van der Waals surface area (Å²) in [6, 6.07) is 6.81. The molecule has 2 N–H and O–H groups in total. The molecule has 10 heteroatoms. The van der Waals surface area contributed by atoms with Crippen molar-refractivity contribution in [1.82, 2.24) is 20.1 Å². The molecule has 1 aromatic heterocycles. The molecule has 0 radical (unpaired) electrons. The molecule has 4 rings (SSSR count). The average Bonchev–Trinajstić information content (AvgIpc) is 3.02. The van der Waals surface area contributed by atoms with Gasteiger partial charge in [-0.3, -0.25) is 9.59 Å². The molecule has 2 aromatic carbocycles. The molecule has 0 fully saturated rings. The van der Waals surface area contributed by atoms with Crippen molar-refractivity contribution >= 4 is 17.5 Å². The van der Waals surface area contributed by atoms with Crippen molar-refractivity contribution in [3.63, 3.8) is 0 Å². The van der Waals surface area contributed by atoms with E-state index in [9.17, 15) is 22.8 Å². The number of carbonyl (C=O) groups is 2. The van der Waals surface area contributed by atoms with Crippen molar-refractivity contribution in [2.45, 2.75) is 38.6 Å². The monoisotopic (exact) mass is 457 g/mol. The van der Waals surface area contributed by atoms with E-state index in [0.717, 1.165) is 43.6 Å². The normalized spacial score (nSPS) is 13.2. The minimum Gasteiger partial charge on any atom is -0.351 e. The molecule has 2 heterocycles. The highest BCUT2D eigenvalue weighted by Crippen LogP contribution is 2.27. The van der Waals surface area contributed by atoms with Gasteiger partial charge in [0.2, 0.25) is 5.91 Å². The van der Waals surface area contributed by atoms with E-state index in [2.05, 4.69) is 20.8 Å². The predicted molar refractivity (Wildman–Crippen MR) is 115 cm³/mol. The van der Waals surface area contributed by atoms with Crippen molar-refractivity contribution in [3.8, 4) is 11.4 Å². The van der Waals surface area contributed by atoms with E-state index in [1.54, 1.807) is 0 Å². The van der Waals surface area contributed by atoms with Crippen molar-refractivity contribution in [2.24, 2.45) is 0 Å². The first-order chi connectivity index (χ1) is 15.9. The highest BCUT2D eigenvalue weighted by atomic mass is 19.1. The summed E-state index contributed by atoms with van der Waals surface area (Å²) in [4.78, 5) is 24.3. The molecular weight excluding hydrogens is 435 g/mol. The maximum absolute atomic E-state index is 14.6. The van der Waals surface area contributed by atoms with Crippen LogP contribution in [0, 0.1) is 17.5 Å². The standard InChI is InChI=1S/C23H22F3N5O2/c24-14-5-7-16(19(26)12-14)23(33)27-10-9-21(32)28-15-6-8-18(25)17(13-15)22-30-29-20-4-2-1-3-11-31(20)22/h5-8,12-13H,1-4,9-11H2,(H,27,33)(H,28,32). The lowest BCUT2D eigenvalue weighted by Crippen LogP contribution is -2.28. The first kappa shape index (κ1) is 22.5. The number of nitrogens with one attached hydrogen (secondary N) is 2. The third-order valence-corrected chi connectivity index (χ3v) is 5.41. The Kier molecular flexibility index (Phi) is 6.71. The predicted octanol–water partition coefficient (Wildman–Crippen LogP) is 3.85. The molecule has 0 atom stereocenters. The molecule has 0 saturated carbocycles. The van der Waals surface area contributed by atoms with Gasteiger partial charge < -0.3 is 15.2 Å². The van der Waals surface area contributed by atoms with Gasteiger partial charge in [-0.25, -0.2) is 13.2 Å². The van der Waals surface area contributed by atoms with Crippen LogP contribution in [0.25, 0.3) is 11.4 Å². The molecule has 2 amide bonds. The Morgan fingerprint density at radius 1 is 0.970 bits per heavy atom. The zero-order valence-corrected chi connectivity index (χ0v) is 17.7. The second-order valence-electron chi connectivity index (χ2n) is 7.78. The number of anilines is 1. The fraction of sp³-hybridized carbons (Fsp3) is 0.304. The average molecular weight is 457 g/mol. The van der Waals surface area contributed by atoms with Crippen LogP contribution in [0.2, 0.25) is 0 Å². The third kappa shape index (κ3) is 5.21. The van der Waals surface area contributed by atoms with Gasteiger partial charge in [-0.05, 0) is 43.2 Å². The van der Waals surface area contributed by atoms with Crippen molar-refractivity contribution in [2.75, 3.05) is 11.9 Å². The van der Waals surface area contributed by atoms with E-state index < -0.39 is 29.3 Å². The molecule has 7 nitrogen and oxygen atoms in total. The smallest absolute Gasteiger partial charge is 0.254 e. The Morgan fingerprint density at radius 3 is 2.64 bits per heavy atom. The quantitative estimate of drug-likeness (QED) is 0.589. The SMILES string of the molecule is O=C(CCNC(=O)c1ccc(F)cc1F)Nc1ccc(F)c(-c2nnc3n2CCCCC3)c1. The summed E-state index contributed by atoms with van der Waals surface area (Å²) in [5.74, 6) is -2.17. The number of benzene rings is 2. The summed E-state index contributed by atoms with van der Waals surface area (Å²) < 4.78 is 43.1. The van der Waals surface area contributed by atoms with E-state index in [1.165, 1.54) is 18.2 Å². The number of aryl methyl sites for hydroxylation is 1. The van der Waals surface area contributed by atoms with Crippen LogP contribution in [-0.2, 0) is 17.8 Å². The zero-order chi connectivity index (χ0) is 23.4. The van der Waals surface area contributed by atoms with Crippen LogP contribution in [0.4, 0.5) is 18.9 Å². The number of hydrogen-bond donors (Lipinski definition) is 2. The van der Waals surface area contributed by atoms with Crippen molar-refractivity contribution in [3.05, 3.63) is 65.2 Å². The summed E-state index contributed by atoms with van der Waals surface area (Å²) >= 11 is 0. The summed E-state index contributed by atoms with van der Waals surface area (Å²) in [6.07, 6.45) is 3.75. The van der Waals surface area contributed by atoms with E-state index in [0.29, 0.717) is 24.1 Å². The fourth-order valence-corrected chi connectivity index (χ4v) is 3.74. The molecule has 0 unspecified atom stereocenters. The van der Waals surface area contributed by atoms with Gasteiger partial charge in [0.05, 0.1) is 11.1 Å². The molecule has 3 aromatic rings. The zero-order valence-electron chi connectivity index (χ0n) is 17.7. The van der Waals surface area contributed by atoms with Crippen molar-refractivity contribution < 1.29 is 22.8 Å². The Balaban J connectivity index is 1.38. The Hall–Kier alpha value is -3.69. The molecule has 172 valence electrons. The third-order valence-electron chi connectivity index (χ3n) is 5.41. The molecule has 0 saturated heterocycles. The lowest BCUT2D eigenvalue weighted by Gasteiger charge is -2.11. The second kappa shape index (κ2) is 9.85. The highest BCUT2D eigenvalue weighted by molar-refractivity contribution is 5.95. The number of amides is 2. The maximum atomic E-state index is 14.6. The lowest BCUT2D eigenvalue weighted by molar-refractivity contribution is -0.116. The minimum absolute atomic E-state index is 0.0623. The number of fused-ring (bicyclic) bond motifs is 1. The van der Waals surface area contributed by atoms with E-state index in [-0.39, 0.29) is 24.1 Å². The van der Waals surface area contributed by atoms with E-state index in [4.69, 9.17) is 0 Å². The fourth-order valence-electron chi connectivity index (χ4n) is 3.74. The van der Waals surface area contributed by atoms with Crippen molar-refractivity contribution in [1.29, 1.82) is 0 Å². The summed E-state index contributed by atoms with van der Waals surface area (Å²) in [6.45, 7) is 0.648. The van der Waals surface area contributed by atoms with Crippen LogP contribution in [-0.4, -0.2) is 33.1 Å². The Labute approximate surface area is 188 Å². The van der Waals surface area contributed by atoms with E-state index >= 15 is 0 Å². The van der Waals surface area contributed by atoms with Gasteiger partial charge in [0, 0.05) is 37.7 Å². The topological polar surface area (TPSA) is 88.9 Å². The molecular formula is C23H22F3N5O2. The van der Waals surface area contributed by atoms with Gasteiger partial charge in [-0.2, -0.15) is 0 Å². The second-order valence-corrected chi connectivity index (χ2v) is 7.78. The summed E-state index contributed by atoms with van der Waals surface area (Å²) in [5, 5.41) is 13.4. The van der Waals surface area contributed by atoms with Gasteiger partial charge in [0.15, 0.2) is 5.82 Å². The van der Waals surface area contributed by atoms with Gasteiger partial charge >= 0.3 is 0 Å². The van der Waals surface area contributed by atoms with Gasteiger partial charge in [-0.15, -0.1) is 10.2 Å². The van der Waals surface area contributed by atoms with Gasteiger partial charge in [-0.1, -0.05) is 6.42 Å². The number of halogens is 3. The lowest BCUT2D eigenvalue weighted by atomic mass is 10.1. The van der Waals surface area contributed by atoms with Crippen LogP contribution in [0.5, 0.6) is 0 Å². The molecule has 0 aliphatic carbocycles. The number of nitrogens with zero attached hydrogens (tertiary/aromatic N) is 3. The number of aromatic nitrogens is 3. The number of rotatable bonds is 6. The van der Waals surface area contributed by atoms with Crippen LogP contribution in [0.3, 0.4) is 0 Å². The first-order valence-electron chi connectivity index (χ1n) is 10.7. The first-order valence-corrected chi connectivity index (χ1v) is 10.7. The van der Waals surface area contributed by atoms with Gasteiger partial charge in [0.25, 0.3) is 5.91 Å². The highest BCUT2D eigenvalue weighted by Gasteiger charge is 2.19. The Bertz CT molecular complexity index is 1190. The summed E-state index contributed by atoms with van der Waals surface area (Å²) in [7, 11) is 0. The molecule has 1 aliphatic heterocycles. The van der Waals surface area contributed by atoms with Crippen LogP contribution in [0.15, 0.2) is 36.4 Å². The minimum atomic E-state index is -0.984. The number of carbonyl (C=O) groups excluding carboxylic acids is 2. The molecule has 33 heavy (non-hydrogen) atoms. The molecule has 1 aliphatic rings. The van der Waals surface area contributed by atoms with Crippen LogP contribution in [0.1, 0.15) is 41.9 Å². The molecule has 0 spiro atoms.